The number of H-pyrrole nitrogens is 1. The van der Waals surface area contributed by atoms with Crippen LogP contribution >= 0.6 is 0 Å². The maximum absolute atomic E-state index is 12.1. The molecule has 1 fully saturated rings. The third-order valence-corrected chi connectivity index (χ3v) is 3.54. The number of carbonyl (C=O) groups excluding carboxylic acids is 1. The number of carbonyl (C=O) groups is 1. The van der Waals surface area contributed by atoms with E-state index in [1.165, 1.54) is 0 Å². The van der Waals surface area contributed by atoms with Gasteiger partial charge in [-0.3, -0.25) is 9.89 Å². The normalized spacial score (nSPS) is 14.7. The predicted octanol–water partition coefficient (Wildman–Crippen LogP) is 1.09. The van der Waals surface area contributed by atoms with Crippen LogP contribution in [0.3, 0.4) is 0 Å². The Labute approximate surface area is 122 Å². The average Bonchev–Trinajstić information content (AvgIpc) is 3.06. The SMILES string of the molecule is Cc1c(C(=O)NCc2nc(C3CC3)n[nH]2)nnn1C(C)C. The lowest BCUT2D eigenvalue weighted by Crippen LogP contribution is -2.24. The standard InChI is InChI=1S/C13H19N7O/c1-7(2)20-8(3)11(17-19-20)13(21)14-6-10-15-12(18-16-10)9-4-5-9/h7,9H,4-6H2,1-3H3,(H,14,21)(H,15,16,18). The van der Waals surface area contributed by atoms with Crippen LogP contribution in [0.5, 0.6) is 0 Å². The summed E-state index contributed by atoms with van der Waals surface area (Å²) in [5.41, 5.74) is 1.12. The Bertz CT molecular complexity index is 653. The van der Waals surface area contributed by atoms with E-state index in [2.05, 4.69) is 30.8 Å². The Hall–Kier alpha value is -2.25. The van der Waals surface area contributed by atoms with Crippen LogP contribution in [0.2, 0.25) is 0 Å². The summed E-state index contributed by atoms with van der Waals surface area (Å²) in [6.07, 6.45) is 2.31. The first-order valence-electron chi connectivity index (χ1n) is 7.17. The Morgan fingerprint density at radius 1 is 1.48 bits per heavy atom. The van der Waals surface area contributed by atoms with E-state index >= 15 is 0 Å². The van der Waals surface area contributed by atoms with E-state index < -0.39 is 0 Å². The van der Waals surface area contributed by atoms with Crippen LogP contribution in [0.1, 0.15) is 66.5 Å². The third kappa shape index (κ3) is 2.79. The number of rotatable bonds is 5. The minimum Gasteiger partial charge on any atom is -0.343 e. The zero-order chi connectivity index (χ0) is 15.0. The Kier molecular flexibility index (Phi) is 3.44. The quantitative estimate of drug-likeness (QED) is 0.858. The molecule has 2 N–H and O–H groups in total. The van der Waals surface area contributed by atoms with Gasteiger partial charge in [-0.2, -0.15) is 5.10 Å². The highest BCUT2D eigenvalue weighted by atomic mass is 16.2. The van der Waals surface area contributed by atoms with Gasteiger partial charge in [-0.15, -0.1) is 5.10 Å². The molecule has 0 unspecified atom stereocenters. The molecule has 0 aliphatic heterocycles. The van der Waals surface area contributed by atoms with Gasteiger partial charge in [0.05, 0.1) is 12.2 Å². The van der Waals surface area contributed by atoms with Gasteiger partial charge >= 0.3 is 0 Å². The van der Waals surface area contributed by atoms with Crippen molar-refractivity contribution >= 4 is 5.91 Å². The number of hydrogen-bond donors (Lipinski definition) is 2. The van der Waals surface area contributed by atoms with Crippen molar-refractivity contribution in [2.45, 2.75) is 52.1 Å². The maximum Gasteiger partial charge on any atom is 0.274 e. The molecular formula is C13H19N7O. The monoisotopic (exact) mass is 289 g/mol. The fraction of sp³-hybridized carbons (Fsp3) is 0.615. The minimum atomic E-state index is -0.247. The van der Waals surface area contributed by atoms with Crippen LogP contribution in [0.15, 0.2) is 0 Å². The van der Waals surface area contributed by atoms with Crippen LogP contribution in [0, 0.1) is 6.92 Å². The zero-order valence-electron chi connectivity index (χ0n) is 12.4. The van der Waals surface area contributed by atoms with Crippen molar-refractivity contribution in [3.63, 3.8) is 0 Å². The van der Waals surface area contributed by atoms with E-state index in [4.69, 9.17) is 0 Å². The van der Waals surface area contributed by atoms with Gasteiger partial charge in [0.2, 0.25) is 0 Å². The number of nitrogens with one attached hydrogen (secondary N) is 2. The lowest BCUT2D eigenvalue weighted by molar-refractivity contribution is 0.0944. The van der Waals surface area contributed by atoms with E-state index in [1.807, 2.05) is 20.8 Å². The van der Waals surface area contributed by atoms with E-state index in [9.17, 15) is 4.79 Å². The largest absolute Gasteiger partial charge is 0.343 e. The molecule has 112 valence electrons. The van der Waals surface area contributed by atoms with Gasteiger partial charge < -0.3 is 5.32 Å². The molecule has 2 aromatic heterocycles. The van der Waals surface area contributed by atoms with Gasteiger partial charge in [0.1, 0.15) is 5.82 Å². The van der Waals surface area contributed by atoms with E-state index in [-0.39, 0.29) is 11.9 Å². The van der Waals surface area contributed by atoms with Crippen LogP contribution in [0.4, 0.5) is 0 Å². The fourth-order valence-electron chi connectivity index (χ4n) is 2.20. The molecule has 1 aliphatic rings. The molecule has 3 rings (SSSR count). The second-order valence-corrected chi connectivity index (χ2v) is 5.66. The van der Waals surface area contributed by atoms with Crippen LogP contribution in [-0.2, 0) is 6.54 Å². The van der Waals surface area contributed by atoms with Crippen molar-refractivity contribution in [2.24, 2.45) is 0 Å². The van der Waals surface area contributed by atoms with Crippen LogP contribution < -0.4 is 5.32 Å². The number of aromatic nitrogens is 6. The zero-order valence-corrected chi connectivity index (χ0v) is 12.4. The first-order valence-corrected chi connectivity index (χ1v) is 7.17. The van der Waals surface area contributed by atoms with Gasteiger partial charge in [-0.25, -0.2) is 9.67 Å². The topological polar surface area (TPSA) is 101 Å². The van der Waals surface area contributed by atoms with Crippen molar-refractivity contribution in [1.82, 2.24) is 35.5 Å². The molecule has 1 saturated carbocycles. The second-order valence-electron chi connectivity index (χ2n) is 5.66. The minimum absolute atomic E-state index is 0.175. The molecule has 0 spiro atoms. The van der Waals surface area contributed by atoms with Crippen molar-refractivity contribution in [3.05, 3.63) is 23.0 Å². The molecule has 0 radical (unpaired) electrons. The molecule has 21 heavy (non-hydrogen) atoms. The van der Waals surface area contributed by atoms with E-state index in [0.29, 0.717) is 24.0 Å². The second kappa shape index (κ2) is 5.27. The summed E-state index contributed by atoms with van der Waals surface area (Å²) >= 11 is 0. The molecule has 0 bridgehead atoms. The maximum atomic E-state index is 12.1. The summed E-state index contributed by atoms with van der Waals surface area (Å²) in [4.78, 5) is 16.5. The Morgan fingerprint density at radius 2 is 2.24 bits per heavy atom. The van der Waals surface area contributed by atoms with Gasteiger partial charge in [-0.1, -0.05) is 5.21 Å². The van der Waals surface area contributed by atoms with Crippen molar-refractivity contribution in [3.8, 4) is 0 Å². The molecule has 2 aromatic rings. The Balaban J connectivity index is 1.63. The average molecular weight is 289 g/mol. The van der Waals surface area contributed by atoms with E-state index in [1.54, 1.807) is 4.68 Å². The molecule has 8 nitrogen and oxygen atoms in total. The fourth-order valence-corrected chi connectivity index (χ4v) is 2.20. The molecule has 2 heterocycles. The third-order valence-electron chi connectivity index (χ3n) is 3.54. The van der Waals surface area contributed by atoms with Gasteiger partial charge in [0, 0.05) is 12.0 Å². The summed E-state index contributed by atoms with van der Waals surface area (Å²) < 4.78 is 1.73. The molecule has 8 heteroatoms. The summed E-state index contributed by atoms with van der Waals surface area (Å²) in [5.74, 6) is 1.77. The molecule has 1 amide bonds. The summed E-state index contributed by atoms with van der Waals surface area (Å²) in [6, 6.07) is 0.175. The highest BCUT2D eigenvalue weighted by molar-refractivity contribution is 5.93. The summed E-state index contributed by atoms with van der Waals surface area (Å²) in [7, 11) is 0. The summed E-state index contributed by atoms with van der Waals surface area (Å²) in [6.45, 7) is 6.15. The highest BCUT2D eigenvalue weighted by Crippen LogP contribution is 2.37. The molecule has 1 aliphatic carbocycles. The smallest absolute Gasteiger partial charge is 0.274 e. The number of hydrogen-bond acceptors (Lipinski definition) is 5. The number of nitrogens with zero attached hydrogens (tertiary/aromatic N) is 5. The summed E-state index contributed by atoms with van der Waals surface area (Å²) in [5, 5.41) is 17.7. The molecule has 0 saturated heterocycles. The Morgan fingerprint density at radius 3 is 2.86 bits per heavy atom. The lowest BCUT2D eigenvalue weighted by Gasteiger charge is -2.06. The van der Waals surface area contributed by atoms with Crippen molar-refractivity contribution in [1.29, 1.82) is 0 Å². The van der Waals surface area contributed by atoms with Gasteiger partial charge in [-0.05, 0) is 33.6 Å². The molecule has 0 atom stereocenters. The predicted molar refractivity (Wildman–Crippen MR) is 74.7 cm³/mol. The molecule has 0 aromatic carbocycles. The van der Waals surface area contributed by atoms with Crippen LogP contribution in [0.25, 0.3) is 0 Å². The number of amides is 1. The van der Waals surface area contributed by atoms with Gasteiger partial charge in [0.15, 0.2) is 11.5 Å². The lowest BCUT2D eigenvalue weighted by atomic mass is 10.3. The first-order chi connectivity index (χ1) is 10.1. The van der Waals surface area contributed by atoms with Crippen LogP contribution in [-0.4, -0.2) is 36.1 Å². The van der Waals surface area contributed by atoms with E-state index in [0.717, 1.165) is 24.4 Å². The number of aromatic amines is 1. The molecular weight excluding hydrogens is 270 g/mol. The van der Waals surface area contributed by atoms with Crippen molar-refractivity contribution in [2.75, 3.05) is 0 Å². The van der Waals surface area contributed by atoms with Gasteiger partial charge in [0.25, 0.3) is 5.91 Å². The highest BCUT2D eigenvalue weighted by Gasteiger charge is 2.27. The van der Waals surface area contributed by atoms with Crippen molar-refractivity contribution < 1.29 is 4.79 Å². The first kappa shape index (κ1) is 13.7.